The van der Waals surface area contributed by atoms with E-state index >= 15 is 0 Å². The van der Waals surface area contributed by atoms with Gasteiger partial charge in [-0.25, -0.2) is 0 Å². The second kappa shape index (κ2) is 6.38. The fourth-order valence-corrected chi connectivity index (χ4v) is 3.20. The average molecular weight is 245 g/mol. The van der Waals surface area contributed by atoms with E-state index in [0.29, 0.717) is 12.1 Å². The van der Waals surface area contributed by atoms with Gasteiger partial charge in [0.1, 0.15) is 0 Å². The van der Waals surface area contributed by atoms with E-state index in [0.717, 1.165) is 5.92 Å². The smallest absolute Gasteiger partial charge is 0.0294 e. The van der Waals surface area contributed by atoms with E-state index in [9.17, 15) is 0 Å². The Labute approximate surface area is 112 Å². The first-order valence-corrected chi connectivity index (χ1v) is 7.49. The first kappa shape index (κ1) is 13.6. The molecule has 0 aliphatic heterocycles. The lowest BCUT2D eigenvalue weighted by atomic mass is 9.84. The molecular weight excluding hydrogens is 218 g/mol. The molecule has 0 bridgehead atoms. The lowest BCUT2D eigenvalue weighted by Crippen LogP contribution is -2.36. The fraction of sp³-hybridized carbons (Fsp3) is 0.647. The van der Waals surface area contributed by atoms with Gasteiger partial charge in [-0.15, -0.1) is 0 Å². The van der Waals surface area contributed by atoms with Crippen molar-refractivity contribution in [1.82, 2.24) is 5.32 Å². The van der Waals surface area contributed by atoms with E-state index in [-0.39, 0.29) is 0 Å². The van der Waals surface area contributed by atoms with Crippen LogP contribution in [-0.2, 0) is 0 Å². The summed E-state index contributed by atoms with van der Waals surface area (Å²) < 4.78 is 0. The van der Waals surface area contributed by atoms with Gasteiger partial charge in [0.05, 0.1) is 0 Å². The Morgan fingerprint density at radius 1 is 1.11 bits per heavy atom. The minimum Gasteiger partial charge on any atom is -0.307 e. The van der Waals surface area contributed by atoms with Crippen molar-refractivity contribution in [1.29, 1.82) is 0 Å². The molecule has 1 heteroatoms. The van der Waals surface area contributed by atoms with E-state index in [4.69, 9.17) is 0 Å². The van der Waals surface area contributed by atoms with Crippen LogP contribution in [0.25, 0.3) is 0 Å². The molecule has 0 radical (unpaired) electrons. The normalized spacial score (nSPS) is 20.6. The van der Waals surface area contributed by atoms with Crippen molar-refractivity contribution in [3.63, 3.8) is 0 Å². The fourth-order valence-electron chi connectivity index (χ4n) is 3.20. The monoisotopic (exact) mass is 245 g/mol. The zero-order chi connectivity index (χ0) is 13.0. The van der Waals surface area contributed by atoms with Crippen LogP contribution in [-0.4, -0.2) is 6.04 Å². The minimum absolute atomic E-state index is 0.460. The summed E-state index contributed by atoms with van der Waals surface area (Å²) in [5, 5.41) is 3.79. The Morgan fingerprint density at radius 3 is 2.50 bits per heavy atom. The molecule has 18 heavy (non-hydrogen) atoms. The SMILES string of the molecule is Cc1cccc(C(C)N[C@@H](C)C2CCCCC2)c1. The lowest BCUT2D eigenvalue weighted by Gasteiger charge is -2.31. The second-order valence-corrected chi connectivity index (χ2v) is 5.99. The summed E-state index contributed by atoms with van der Waals surface area (Å²) in [5.41, 5.74) is 2.77. The highest BCUT2D eigenvalue weighted by Gasteiger charge is 2.21. The molecule has 1 fully saturated rings. The lowest BCUT2D eigenvalue weighted by molar-refractivity contribution is 0.268. The maximum Gasteiger partial charge on any atom is 0.0294 e. The van der Waals surface area contributed by atoms with Crippen LogP contribution in [0, 0.1) is 12.8 Å². The first-order valence-electron chi connectivity index (χ1n) is 7.49. The first-order chi connectivity index (χ1) is 8.66. The summed E-state index contributed by atoms with van der Waals surface area (Å²) in [6, 6.07) is 9.96. The van der Waals surface area contributed by atoms with Crippen LogP contribution in [0.2, 0.25) is 0 Å². The highest BCUT2D eigenvalue weighted by Crippen LogP contribution is 2.27. The second-order valence-electron chi connectivity index (χ2n) is 5.99. The molecule has 2 atom stereocenters. The Morgan fingerprint density at radius 2 is 1.83 bits per heavy atom. The van der Waals surface area contributed by atoms with E-state index in [1.54, 1.807) is 0 Å². The Hall–Kier alpha value is -0.820. The molecule has 1 N–H and O–H groups in total. The van der Waals surface area contributed by atoms with Gasteiger partial charge in [-0.2, -0.15) is 0 Å². The van der Waals surface area contributed by atoms with Crippen molar-refractivity contribution in [2.75, 3.05) is 0 Å². The van der Waals surface area contributed by atoms with Crippen molar-refractivity contribution in [2.45, 2.75) is 65.0 Å². The zero-order valence-electron chi connectivity index (χ0n) is 12.1. The van der Waals surface area contributed by atoms with E-state index in [2.05, 4.69) is 50.4 Å². The third-order valence-electron chi connectivity index (χ3n) is 4.41. The number of nitrogens with one attached hydrogen (secondary N) is 1. The Bertz CT molecular complexity index is 366. The van der Waals surface area contributed by atoms with Crippen LogP contribution in [0.4, 0.5) is 0 Å². The molecule has 0 aromatic heterocycles. The zero-order valence-corrected chi connectivity index (χ0v) is 12.1. The van der Waals surface area contributed by atoms with Gasteiger partial charge in [0, 0.05) is 12.1 Å². The van der Waals surface area contributed by atoms with Crippen molar-refractivity contribution in [3.05, 3.63) is 35.4 Å². The molecule has 1 aliphatic rings. The quantitative estimate of drug-likeness (QED) is 0.816. The van der Waals surface area contributed by atoms with Gasteiger partial charge in [-0.3, -0.25) is 0 Å². The van der Waals surface area contributed by atoms with Crippen molar-refractivity contribution in [3.8, 4) is 0 Å². The molecular formula is C17H27N. The van der Waals surface area contributed by atoms with Crippen molar-refractivity contribution >= 4 is 0 Å². The van der Waals surface area contributed by atoms with E-state index in [1.807, 2.05) is 0 Å². The van der Waals surface area contributed by atoms with Gasteiger partial charge in [-0.05, 0) is 45.1 Å². The number of hydrogen-bond donors (Lipinski definition) is 1. The third kappa shape index (κ3) is 3.58. The van der Waals surface area contributed by atoms with Crippen LogP contribution in [0.1, 0.15) is 63.1 Å². The summed E-state index contributed by atoms with van der Waals surface area (Å²) in [5.74, 6) is 0.881. The van der Waals surface area contributed by atoms with Crippen molar-refractivity contribution in [2.24, 2.45) is 5.92 Å². The van der Waals surface area contributed by atoms with E-state index in [1.165, 1.54) is 43.2 Å². The maximum atomic E-state index is 3.79. The molecule has 0 heterocycles. The topological polar surface area (TPSA) is 12.0 Å². The van der Waals surface area contributed by atoms with Crippen LogP contribution in [0.3, 0.4) is 0 Å². The number of aryl methyl sites for hydroxylation is 1. The Balaban J connectivity index is 1.91. The van der Waals surface area contributed by atoms with E-state index < -0.39 is 0 Å². The average Bonchev–Trinajstić information content (AvgIpc) is 2.39. The van der Waals surface area contributed by atoms with Gasteiger partial charge in [0.2, 0.25) is 0 Å². The van der Waals surface area contributed by atoms with Gasteiger partial charge in [-0.1, -0.05) is 49.1 Å². The van der Waals surface area contributed by atoms with Crippen molar-refractivity contribution < 1.29 is 0 Å². The third-order valence-corrected chi connectivity index (χ3v) is 4.41. The molecule has 1 unspecified atom stereocenters. The molecule has 2 rings (SSSR count). The van der Waals surface area contributed by atoms with Gasteiger partial charge in [0.25, 0.3) is 0 Å². The molecule has 1 saturated carbocycles. The largest absolute Gasteiger partial charge is 0.307 e. The van der Waals surface area contributed by atoms with Crippen LogP contribution >= 0.6 is 0 Å². The molecule has 0 amide bonds. The highest BCUT2D eigenvalue weighted by molar-refractivity contribution is 5.24. The minimum atomic E-state index is 0.460. The van der Waals surface area contributed by atoms with Crippen LogP contribution < -0.4 is 5.32 Å². The predicted octanol–water partition coefficient (Wildman–Crippen LogP) is 4.61. The molecule has 100 valence electrons. The van der Waals surface area contributed by atoms with Crippen LogP contribution in [0.15, 0.2) is 24.3 Å². The molecule has 0 saturated heterocycles. The van der Waals surface area contributed by atoms with Crippen LogP contribution in [0.5, 0.6) is 0 Å². The molecule has 1 nitrogen and oxygen atoms in total. The van der Waals surface area contributed by atoms with Gasteiger partial charge >= 0.3 is 0 Å². The highest BCUT2D eigenvalue weighted by atomic mass is 14.9. The summed E-state index contributed by atoms with van der Waals surface area (Å²) >= 11 is 0. The summed E-state index contributed by atoms with van der Waals surface area (Å²) in [6.45, 7) is 6.82. The summed E-state index contributed by atoms with van der Waals surface area (Å²) in [6.07, 6.45) is 7.12. The molecule has 0 spiro atoms. The Kier molecular flexibility index (Phi) is 4.82. The van der Waals surface area contributed by atoms with Gasteiger partial charge < -0.3 is 5.32 Å². The standard InChI is InChI=1S/C17H27N/c1-13-8-7-11-17(12-13)15(3)18-14(2)16-9-5-4-6-10-16/h7-8,11-12,14-16,18H,4-6,9-10H2,1-3H3/t14-,15?/m0/s1. The number of rotatable bonds is 4. The molecule has 1 aromatic carbocycles. The molecule has 1 aromatic rings. The predicted molar refractivity (Wildman–Crippen MR) is 78.8 cm³/mol. The summed E-state index contributed by atoms with van der Waals surface area (Å²) in [4.78, 5) is 0. The molecule has 1 aliphatic carbocycles. The maximum absolute atomic E-state index is 3.79. The number of hydrogen-bond acceptors (Lipinski definition) is 1. The summed E-state index contributed by atoms with van der Waals surface area (Å²) in [7, 11) is 0. The van der Waals surface area contributed by atoms with Gasteiger partial charge in [0.15, 0.2) is 0 Å². The number of benzene rings is 1.